The van der Waals surface area contributed by atoms with Crippen molar-refractivity contribution >= 4 is 11.5 Å². The average molecular weight is 245 g/mol. The van der Waals surface area contributed by atoms with E-state index in [1.807, 2.05) is 52.0 Å². The van der Waals surface area contributed by atoms with Crippen LogP contribution >= 0.6 is 0 Å². The van der Waals surface area contributed by atoms with Crippen molar-refractivity contribution in [2.24, 2.45) is 0 Å². The van der Waals surface area contributed by atoms with Crippen molar-refractivity contribution in [3.63, 3.8) is 0 Å². The number of carbonyl (C=O) groups is 1. The van der Waals surface area contributed by atoms with E-state index in [4.69, 9.17) is 0 Å². The van der Waals surface area contributed by atoms with Crippen LogP contribution in [-0.2, 0) is 4.79 Å². The van der Waals surface area contributed by atoms with Crippen LogP contribution in [0.3, 0.4) is 0 Å². The lowest BCUT2D eigenvalue weighted by atomic mass is 10.2. The topological polar surface area (TPSA) is 20.3 Å². The van der Waals surface area contributed by atoms with Crippen molar-refractivity contribution in [2.75, 3.05) is 4.90 Å². The number of allylic oxidation sites excluding steroid dienone is 2. The molecular formula is C16H23NO. The van der Waals surface area contributed by atoms with Crippen LogP contribution in [0.4, 0.5) is 5.69 Å². The van der Waals surface area contributed by atoms with Gasteiger partial charge in [-0.25, -0.2) is 0 Å². The predicted molar refractivity (Wildman–Crippen MR) is 79.6 cm³/mol. The molecule has 98 valence electrons. The number of Topliss-reactive ketones (excluding diaryl/α,β-unsaturated/α-hetero) is 1. The molecule has 0 aromatic heterocycles. The van der Waals surface area contributed by atoms with Gasteiger partial charge in [-0.2, -0.15) is 0 Å². The molecule has 0 spiro atoms. The number of benzene rings is 1. The van der Waals surface area contributed by atoms with Crippen molar-refractivity contribution in [3.8, 4) is 0 Å². The first-order valence-electron chi connectivity index (χ1n) is 6.26. The first-order valence-corrected chi connectivity index (χ1v) is 6.26. The summed E-state index contributed by atoms with van der Waals surface area (Å²) in [6.07, 6.45) is 3.45. The summed E-state index contributed by atoms with van der Waals surface area (Å²) in [5.41, 5.74) is 2.78. The Hall–Kier alpha value is -1.83. The van der Waals surface area contributed by atoms with Crippen molar-refractivity contribution in [2.45, 2.75) is 34.6 Å². The molecule has 1 aromatic carbocycles. The summed E-state index contributed by atoms with van der Waals surface area (Å²) in [6, 6.07) is 7.98. The van der Waals surface area contributed by atoms with Gasteiger partial charge in [0.1, 0.15) is 0 Å². The van der Waals surface area contributed by atoms with Gasteiger partial charge in [0.15, 0.2) is 5.78 Å². The molecule has 1 aromatic rings. The smallest absolute Gasteiger partial charge is 0.176 e. The quantitative estimate of drug-likeness (QED) is 0.730. The third kappa shape index (κ3) is 4.21. The highest BCUT2D eigenvalue weighted by atomic mass is 16.1. The number of hydrogen-bond acceptors (Lipinski definition) is 2. The molecule has 0 saturated heterocycles. The molecule has 2 nitrogen and oxygen atoms in total. The fourth-order valence-electron chi connectivity index (χ4n) is 1.56. The highest BCUT2D eigenvalue weighted by molar-refractivity contribution is 5.97. The van der Waals surface area contributed by atoms with Gasteiger partial charge in [0.05, 0.1) is 5.70 Å². The highest BCUT2D eigenvalue weighted by Gasteiger charge is 2.11. The molecule has 18 heavy (non-hydrogen) atoms. The monoisotopic (exact) mass is 245 g/mol. The van der Waals surface area contributed by atoms with Crippen LogP contribution in [0.25, 0.3) is 0 Å². The molecule has 0 heterocycles. The zero-order valence-corrected chi connectivity index (χ0v) is 12.0. The van der Waals surface area contributed by atoms with Crippen LogP contribution < -0.4 is 4.90 Å². The molecule has 0 unspecified atom stereocenters. The molecule has 1 rings (SSSR count). The van der Waals surface area contributed by atoms with Crippen LogP contribution in [0.2, 0.25) is 0 Å². The van der Waals surface area contributed by atoms with Gasteiger partial charge in [-0.3, -0.25) is 4.79 Å². The fourth-order valence-corrected chi connectivity index (χ4v) is 1.56. The minimum Gasteiger partial charge on any atom is -0.315 e. The standard InChI is InChI=1S/C14H17NO.C2H6/c1-5-14(12(4)16)15(6-2)13-9-7-11(3)8-10-13;1-2/h5-10H,2H2,1,3-4H3;1-2H3/b14-5-;. The van der Waals surface area contributed by atoms with Crippen LogP contribution in [0, 0.1) is 6.92 Å². The van der Waals surface area contributed by atoms with E-state index in [1.165, 1.54) is 5.56 Å². The number of carbonyl (C=O) groups excluding carboxylic acids is 1. The van der Waals surface area contributed by atoms with E-state index in [2.05, 4.69) is 6.58 Å². The summed E-state index contributed by atoms with van der Waals surface area (Å²) in [5.74, 6) is 0.0305. The lowest BCUT2D eigenvalue weighted by Crippen LogP contribution is -2.19. The molecule has 0 atom stereocenters. The van der Waals surface area contributed by atoms with Gasteiger partial charge < -0.3 is 4.90 Å². The summed E-state index contributed by atoms with van der Waals surface area (Å²) in [6.45, 7) is 13.2. The largest absolute Gasteiger partial charge is 0.315 e. The zero-order chi connectivity index (χ0) is 14.1. The minimum absolute atomic E-state index is 0.0305. The number of hydrogen-bond donors (Lipinski definition) is 0. The van der Waals surface area contributed by atoms with E-state index in [0.29, 0.717) is 5.70 Å². The second-order valence-electron chi connectivity index (χ2n) is 3.62. The predicted octanol–water partition coefficient (Wildman–Crippen LogP) is 4.46. The van der Waals surface area contributed by atoms with Gasteiger partial charge >= 0.3 is 0 Å². The highest BCUT2D eigenvalue weighted by Crippen LogP contribution is 2.20. The van der Waals surface area contributed by atoms with Gasteiger partial charge in [0, 0.05) is 18.8 Å². The van der Waals surface area contributed by atoms with Crippen molar-refractivity contribution in [1.82, 2.24) is 0 Å². The molecule has 0 aliphatic heterocycles. The van der Waals surface area contributed by atoms with Crippen LogP contribution in [0.15, 0.2) is 48.8 Å². The molecule has 0 radical (unpaired) electrons. The van der Waals surface area contributed by atoms with Crippen LogP contribution in [-0.4, -0.2) is 5.78 Å². The van der Waals surface area contributed by atoms with E-state index in [0.717, 1.165) is 5.69 Å². The van der Waals surface area contributed by atoms with Gasteiger partial charge in [-0.15, -0.1) is 0 Å². The van der Waals surface area contributed by atoms with Crippen LogP contribution in [0.5, 0.6) is 0 Å². The molecular weight excluding hydrogens is 222 g/mol. The summed E-state index contributed by atoms with van der Waals surface area (Å²) in [4.78, 5) is 13.3. The number of anilines is 1. The number of rotatable bonds is 4. The summed E-state index contributed by atoms with van der Waals surface area (Å²) >= 11 is 0. The molecule has 0 bridgehead atoms. The lowest BCUT2D eigenvalue weighted by Gasteiger charge is -2.21. The maximum atomic E-state index is 11.5. The maximum Gasteiger partial charge on any atom is 0.176 e. The Labute approximate surface area is 111 Å². The molecule has 0 saturated carbocycles. The van der Waals surface area contributed by atoms with Gasteiger partial charge in [0.2, 0.25) is 0 Å². The average Bonchev–Trinajstić information content (AvgIpc) is 2.39. The van der Waals surface area contributed by atoms with Gasteiger partial charge in [0.25, 0.3) is 0 Å². The first-order chi connectivity index (χ1) is 8.60. The minimum atomic E-state index is 0.0305. The summed E-state index contributed by atoms with van der Waals surface area (Å²) < 4.78 is 0. The Morgan fingerprint density at radius 2 is 1.72 bits per heavy atom. The van der Waals surface area contributed by atoms with Gasteiger partial charge in [-0.1, -0.05) is 44.2 Å². The second-order valence-corrected chi connectivity index (χ2v) is 3.62. The van der Waals surface area contributed by atoms with E-state index < -0.39 is 0 Å². The lowest BCUT2D eigenvalue weighted by molar-refractivity contribution is -0.113. The SMILES string of the molecule is C=CN(/C(=C\C)C(C)=O)c1ccc(C)cc1.CC. The normalized spacial score (nSPS) is 10.2. The first kappa shape index (κ1) is 16.2. The summed E-state index contributed by atoms with van der Waals surface area (Å²) in [7, 11) is 0. The third-order valence-electron chi connectivity index (χ3n) is 2.39. The zero-order valence-electron chi connectivity index (χ0n) is 12.0. The molecule has 0 N–H and O–H groups in total. The molecule has 0 aliphatic carbocycles. The van der Waals surface area contributed by atoms with E-state index in [-0.39, 0.29) is 5.78 Å². The van der Waals surface area contributed by atoms with Crippen molar-refractivity contribution in [1.29, 1.82) is 0 Å². The van der Waals surface area contributed by atoms with Crippen LogP contribution in [0.1, 0.15) is 33.3 Å². The Kier molecular flexibility index (Phi) is 7.45. The molecule has 0 aliphatic rings. The van der Waals surface area contributed by atoms with Crippen molar-refractivity contribution < 1.29 is 4.79 Å². The Balaban J connectivity index is 0.00000137. The van der Waals surface area contributed by atoms with E-state index in [9.17, 15) is 4.79 Å². The fraction of sp³-hybridized carbons (Fsp3) is 0.312. The summed E-state index contributed by atoms with van der Waals surface area (Å²) in [5, 5.41) is 0. The second kappa shape index (κ2) is 8.29. The van der Waals surface area contributed by atoms with Gasteiger partial charge in [-0.05, 0) is 26.0 Å². The molecule has 0 amide bonds. The maximum absolute atomic E-state index is 11.5. The third-order valence-corrected chi connectivity index (χ3v) is 2.39. The number of aryl methyl sites for hydroxylation is 1. The molecule has 0 fully saturated rings. The molecule has 2 heteroatoms. The Morgan fingerprint density at radius 1 is 1.22 bits per heavy atom. The number of nitrogens with zero attached hydrogens (tertiary/aromatic N) is 1. The Bertz CT molecular complexity index is 415. The number of ketones is 1. The Morgan fingerprint density at radius 3 is 2.06 bits per heavy atom. The van der Waals surface area contributed by atoms with E-state index >= 15 is 0 Å². The van der Waals surface area contributed by atoms with Crippen molar-refractivity contribution in [3.05, 3.63) is 54.4 Å². The van der Waals surface area contributed by atoms with E-state index in [1.54, 1.807) is 24.1 Å².